The molecule has 0 aromatic carbocycles. The molecule has 0 saturated heterocycles. The van der Waals surface area contributed by atoms with Gasteiger partial charge in [-0.1, -0.05) is 6.92 Å². The summed E-state index contributed by atoms with van der Waals surface area (Å²) in [6.45, 7) is 5.63. The molecule has 0 spiro atoms. The molecular formula is C11H21N3O4. The molecule has 0 bridgehead atoms. The van der Waals surface area contributed by atoms with Gasteiger partial charge in [0.15, 0.2) is 0 Å². The van der Waals surface area contributed by atoms with Crippen molar-refractivity contribution in [1.82, 2.24) is 10.2 Å². The second-order valence-electron chi connectivity index (χ2n) is 4.74. The summed E-state index contributed by atoms with van der Waals surface area (Å²) in [4.78, 5) is 34.8. The van der Waals surface area contributed by atoms with E-state index >= 15 is 0 Å². The van der Waals surface area contributed by atoms with Gasteiger partial charge in [-0.3, -0.25) is 4.79 Å². The van der Waals surface area contributed by atoms with Crippen LogP contribution < -0.4 is 11.1 Å². The molecule has 7 nitrogen and oxygen atoms in total. The lowest BCUT2D eigenvalue weighted by molar-refractivity contribution is -0.141. The molecule has 0 radical (unpaired) electrons. The summed E-state index contributed by atoms with van der Waals surface area (Å²) in [6, 6.07) is -1.85. The number of carboxylic acids is 1. The van der Waals surface area contributed by atoms with Crippen molar-refractivity contribution in [3.63, 3.8) is 0 Å². The van der Waals surface area contributed by atoms with Crippen LogP contribution in [0.3, 0.4) is 0 Å². The van der Waals surface area contributed by atoms with E-state index in [0.29, 0.717) is 6.42 Å². The fourth-order valence-corrected chi connectivity index (χ4v) is 1.16. The first-order valence-electron chi connectivity index (χ1n) is 5.67. The number of nitrogens with two attached hydrogens (primary N) is 1. The van der Waals surface area contributed by atoms with Crippen molar-refractivity contribution in [2.24, 2.45) is 5.73 Å². The van der Waals surface area contributed by atoms with Crippen molar-refractivity contribution in [1.29, 1.82) is 0 Å². The minimum atomic E-state index is -1.30. The van der Waals surface area contributed by atoms with Gasteiger partial charge in [0.2, 0.25) is 5.91 Å². The molecule has 4 N–H and O–H groups in total. The normalized spacial score (nSPS) is 12.7. The molecule has 7 heteroatoms. The van der Waals surface area contributed by atoms with Gasteiger partial charge in [0.1, 0.15) is 6.04 Å². The van der Waals surface area contributed by atoms with Gasteiger partial charge in [-0.15, -0.1) is 0 Å². The van der Waals surface area contributed by atoms with E-state index in [1.807, 2.05) is 20.8 Å². The van der Waals surface area contributed by atoms with Crippen molar-refractivity contribution in [2.45, 2.75) is 45.2 Å². The lowest BCUT2D eigenvalue weighted by atomic mass is 10.0. The van der Waals surface area contributed by atoms with E-state index in [1.165, 1.54) is 4.90 Å². The highest BCUT2D eigenvalue weighted by Gasteiger charge is 2.29. The summed E-state index contributed by atoms with van der Waals surface area (Å²) in [5.41, 5.74) is 4.52. The molecule has 0 saturated carbocycles. The molecule has 104 valence electrons. The quantitative estimate of drug-likeness (QED) is 0.630. The van der Waals surface area contributed by atoms with Gasteiger partial charge in [0.25, 0.3) is 0 Å². The van der Waals surface area contributed by atoms with Gasteiger partial charge >= 0.3 is 12.0 Å². The molecule has 0 aromatic heterocycles. The number of carboxylic acid groups (broad SMARTS) is 1. The van der Waals surface area contributed by atoms with E-state index in [1.54, 1.807) is 7.05 Å². The van der Waals surface area contributed by atoms with E-state index in [9.17, 15) is 14.4 Å². The summed E-state index contributed by atoms with van der Waals surface area (Å²) in [5.74, 6) is -2.06. The molecule has 0 aliphatic carbocycles. The molecular weight excluding hydrogens is 238 g/mol. The van der Waals surface area contributed by atoms with E-state index in [0.717, 1.165) is 0 Å². The Kier molecular flexibility index (Phi) is 5.61. The number of amides is 3. The van der Waals surface area contributed by atoms with Gasteiger partial charge < -0.3 is 21.1 Å². The number of hydrogen-bond acceptors (Lipinski definition) is 3. The number of carbonyl (C=O) groups is 3. The Bertz CT molecular complexity index is 341. The highest BCUT2D eigenvalue weighted by atomic mass is 16.4. The van der Waals surface area contributed by atoms with Gasteiger partial charge in [-0.25, -0.2) is 9.59 Å². The fraction of sp³-hybridized carbons (Fsp3) is 0.727. The molecule has 18 heavy (non-hydrogen) atoms. The summed E-state index contributed by atoms with van der Waals surface area (Å²) >= 11 is 0. The smallest absolute Gasteiger partial charge is 0.326 e. The molecule has 0 unspecified atom stereocenters. The zero-order chi connectivity index (χ0) is 14.5. The number of urea groups is 1. The Morgan fingerprint density at radius 1 is 1.39 bits per heavy atom. The van der Waals surface area contributed by atoms with Gasteiger partial charge in [-0.2, -0.15) is 0 Å². The standard InChI is InChI=1S/C11H21N3O4/c1-5-11(2,3)14(4)10(18)13-7(9(16)17)6-8(12)15/h7H,5-6H2,1-4H3,(H2,12,15)(H,13,18)(H,16,17)/t7-/m0/s1. The number of rotatable bonds is 6. The summed E-state index contributed by atoms with van der Waals surface area (Å²) in [7, 11) is 1.57. The van der Waals surface area contributed by atoms with Crippen LogP contribution in [-0.4, -0.2) is 46.5 Å². The van der Waals surface area contributed by atoms with E-state index in [2.05, 4.69) is 5.32 Å². The monoisotopic (exact) mass is 259 g/mol. The maximum atomic E-state index is 11.8. The lowest BCUT2D eigenvalue weighted by Gasteiger charge is -2.35. The first kappa shape index (κ1) is 16.2. The third-order valence-corrected chi connectivity index (χ3v) is 3.08. The first-order chi connectivity index (χ1) is 8.11. The molecule has 0 aliphatic heterocycles. The molecule has 3 amide bonds. The highest BCUT2D eigenvalue weighted by Crippen LogP contribution is 2.16. The number of nitrogens with one attached hydrogen (secondary N) is 1. The van der Waals surface area contributed by atoms with Crippen LogP contribution in [0.4, 0.5) is 4.79 Å². The van der Waals surface area contributed by atoms with Crippen molar-refractivity contribution in [2.75, 3.05) is 7.05 Å². The van der Waals surface area contributed by atoms with Crippen LogP contribution in [0.15, 0.2) is 0 Å². The van der Waals surface area contributed by atoms with Crippen molar-refractivity contribution in [3.05, 3.63) is 0 Å². The Balaban J connectivity index is 4.70. The molecule has 0 fully saturated rings. The summed E-state index contributed by atoms with van der Waals surface area (Å²) < 4.78 is 0. The highest BCUT2D eigenvalue weighted by molar-refractivity contribution is 5.87. The second kappa shape index (κ2) is 6.23. The Labute approximate surface area is 106 Å². The van der Waals surface area contributed by atoms with Crippen LogP contribution in [0.1, 0.15) is 33.6 Å². The molecule has 0 heterocycles. The minimum Gasteiger partial charge on any atom is -0.480 e. The molecule has 1 atom stereocenters. The third-order valence-electron chi connectivity index (χ3n) is 3.08. The van der Waals surface area contributed by atoms with E-state index < -0.39 is 35.9 Å². The lowest BCUT2D eigenvalue weighted by Crippen LogP contribution is -2.54. The maximum Gasteiger partial charge on any atom is 0.326 e. The SMILES string of the molecule is CCC(C)(C)N(C)C(=O)N[C@@H](CC(N)=O)C(=O)O. The van der Waals surface area contributed by atoms with E-state index in [-0.39, 0.29) is 0 Å². The van der Waals surface area contributed by atoms with Crippen LogP contribution in [0.5, 0.6) is 0 Å². The number of carbonyl (C=O) groups excluding carboxylic acids is 2. The predicted octanol–water partition coefficient (Wildman–Crippen LogP) is 0.145. The minimum absolute atomic E-state index is 0.403. The zero-order valence-corrected chi connectivity index (χ0v) is 11.2. The van der Waals surface area contributed by atoms with Crippen LogP contribution >= 0.6 is 0 Å². The average molecular weight is 259 g/mol. The van der Waals surface area contributed by atoms with Crippen molar-refractivity contribution in [3.8, 4) is 0 Å². The zero-order valence-electron chi connectivity index (χ0n) is 11.2. The number of primary amides is 1. The van der Waals surface area contributed by atoms with Crippen molar-refractivity contribution < 1.29 is 19.5 Å². The summed E-state index contributed by atoms with van der Waals surface area (Å²) in [5, 5.41) is 11.1. The van der Waals surface area contributed by atoms with Crippen LogP contribution in [-0.2, 0) is 9.59 Å². The first-order valence-corrected chi connectivity index (χ1v) is 5.67. The summed E-state index contributed by atoms with van der Waals surface area (Å²) in [6.07, 6.45) is 0.284. The van der Waals surface area contributed by atoms with Gasteiger partial charge in [-0.05, 0) is 20.3 Å². The molecule has 0 aliphatic rings. The number of aliphatic carboxylic acids is 1. The van der Waals surface area contributed by atoms with E-state index in [4.69, 9.17) is 10.8 Å². The van der Waals surface area contributed by atoms with Crippen molar-refractivity contribution >= 4 is 17.9 Å². The predicted molar refractivity (Wildman–Crippen MR) is 65.9 cm³/mol. The third kappa shape index (κ3) is 4.60. The molecule has 0 rings (SSSR count). The number of nitrogens with zero attached hydrogens (tertiary/aromatic N) is 1. The molecule has 0 aromatic rings. The Hall–Kier alpha value is -1.79. The second-order valence-corrected chi connectivity index (χ2v) is 4.74. The Morgan fingerprint density at radius 2 is 1.89 bits per heavy atom. The maximum absolute atomic E-state index is 11.8. The topological polar surface area (TPSA) is 113 Å². The Morgan fingerprint density at radius 3 is 2.22 bits per heavy atom. The fourth-order valence-electron chi connectivity index (χ4n) is 1.16. The average Bonchev–Trinajstić information content (AvgIpc) is 2.26. The van der Waals surface area contributed by atoms with Crippen LogP contribution in [0, 0.1) is 0 Å². The number of hydrogen-bond donors (Lipinski definition) is 3. The largest absolute Gasteiger partial charge is 0.480 e. The van der Waals surface area contributed by atoms with Gasteiger partial charge in [0.05, 0.1) is 6.42 Å². The van der Waals surface area contributed by atoms with Crippen LogP contribution in [0.25, 0.3) is 0 Å². The van der Waals surface area contributed by atoms with Gasteiger partial charge in [0, 0.05) is 12.6 Å². The van der Waals surface area contributed by atoms with Crippen LogP contribution in [0.2, 0.25) is 0 Å².